The van der Waals surface area contributed by atoms with Crippen molar-refractivity contribution in [2.75, 3.05) is 37.7 Å². The molecule has 8 nitrogen and oxygen atoms in total. The highest BCUT2D eigenvalue weighted by atomic mass is 35.5. The van der Waals surface area contributed by atoms with Crippen LogP contribution in [0.5, 0.6) is 0 Å². The molecule has 6 rings (SSSR count). The van der Waals surface area contributed by atoms with E-state index in [4.69, 9.17) is 16.3 Å². The summed E-state index contributed by atoms with van der Waals surface area (Å²) in [6.45, 7) is 5.50. The molecule has 12 heteroatoms. The number of alkyl halides is 3. The molecule has 37 heavy (non-hydrogen) atoms. The number of anilines is 1. The van der Waals surface area contributed by atoms with Gasteiger partial charge in [-0.2, -0.15) is 23.4 Å². The molecule has 5 heterocycles. The van der Waals surface area contributed by atoms with Gasteiger partial charge < -0.3 is 14.5 Å². The van der Waals surface area contributed by atoms with E-state index < -0.39 is 11.9 Å². The predicted molar refractivity (Wildman–Crippen MR) is 130 cm³/mol. The van der Waals surface area contributed by atoms with Gasteiger partial charge in [-0.25, -0.2) is 0 Å². The van der Waals surface area contributed by atoms with Crippen LogP contribution in [0.1, 0.15) is 40.3 Å². The lowest BCUT2D eigenvalue weighted by atomic mass is 9.77. The van der Waals surface area contributed by atoms with Crippen molar-refractivity contribution in [1.29, 1.82) is 0 Å². The summed E-state index contributed by atoms with van der Waals surface area (Å²) in [5.41, 5.74) is 2.92. The first kappa shape index (κ1) is 24.3. The monoisotopic (exact) mass is 534 g/mol. The number of hydrogen-bond donors (Lipinski definition) is 0. The minimum atomic E-state index is -4.54. The van der Waals surface area contributed by atoms with Gasteiger partial charge in [0.2, 0.25) is 0 Å². The maximum Gasteiger partial charge on any atom is 0.435 e. The zero-order valence-corrected chi connectivity index (χ0v) is 21.4. The second-order valence-electron chi connectivity index (χ2n) is 10.3. The van der Waals surface area contributed by atoms with Crippen molar-refractivity contribution in [2.45, 2.75) is 25.6 Å². The second kappa shape index (κ2) is 8.22. The first-order chi connectivity index (χ1) is 17.5. The topological polar surface area (TPSA) is 68.4 Å². The van der Waals surface area contributed by atoms with Crippen LogP contribution in [0.2, 0.25) is 5.02 Å². The Kier molecular flexibility index (Phi) is 5.40. The van der Waals surface area contributed by atoms with Crippen molar-refractivity contribution < 1.29 is 22.7 Å². The number of halogens is 4. The molecule has 1 atom stereocenters. The Bertz CT molecular complexity index is 1400. The summed E-state index contributed by atoms with van der Waals surface area (Å²) in [7, 11) is 3.18. The van der Waals surface area contributed by atoms with E-state index in [9.17, 15) is 18.0 Å². The zero-order valence-electron chi connectivity index (χ0n) is 20.6. The van der Waals surface area contributed by atoms with Crippen molar-refractivity contribution in [1.82, 2.24) is 24.5 Å². The Balaban J connectivity index is 1.28. The SMILES string of the molecule is CC1c2nn(C)c(-c3cc(C(F)(F)F)nn3C)c2CCN1C(=O)c1cccc(N2CC3(COC3)C2)c1Cl. The maximum absolute atomic E-state index is 13.7. The van der Waals surface area contributed by atoms with Gasteiger partial charge in [0.05, 0.1) is 58.0 Å². The zero-order chi connectivity index (χ0) is 26.3. The van der Waals surface area contributed by atoms with Crippen LogP contribution in [-0.2, 0) is 31.4 Å². The number of nitrogens with zero attached hydrogens (tertiary/aromatic N) is 6. The van der Waals surface area contributed by atoms with Gasteiger partial charge in [0.1, 0.15) is 0 Å². The Hall–Kier alpha value is -3.05. The Morgan fingerprint density at radius 2 is 1.89 bits per heavy atom. The molecule has 2 saturated heterocycles. The highest BCUT2D eigenvalue weighted by molar-refractivity contribution is 6.36. The highest BCUT2D eigenvalue weighted by Crippen LogP contribution is 2.44. The van der Waals surface area contributed by atoms with Crippen LogP contribution in [0.4, 0.5) is 18.9 Å². The molecule has 2 fully saturated rings. The number of rotatable bonds is 3. The third kappa shape index (κ3) is 3.73. The van der Waals surface area contributed by atoms with Crippen molar-refractivity contribution >= 4 is 23.2 Å². The van der Waals surface area contributed by atoms with Crippen molar-refractivity contribution in [2.24, 2.45) is 19.5 Å². The van der Waals surface area contributed by atoms with E-state index in [-0.39, 0.29) is 17.4 Å². The van der Waals surface area contributed by atoms with Crippen LogP contribution in [0, 0.1) is 5.41 Å². The van der Waals surface area contributed by atoms with E-state index in [1.807, 2.05) is 19.1 Å². The molecule has 0 aliphatic carbocycles. The molecule has 1 aromatic carbocycles. The van der Waals surface area contributed by atoms with Gasteiger partial charge in [-0.05, 0) is 31.5 Å². The third-order valence-corrected chi connectivity index (χ3v) is 8.13. The molecule has 3 aliphatic heterocycles. The van der Waals surface area contributed by atoms with Crippen LogP contribution < -0.4 is 4.90 Å². The number of carbonyl (C=O) groups is 1. The third-order valence-electron chi connectivity index (χ3n) is 7.73. The molecule has 0 saturated carbocycles. The largest absolute Gasteiger partial charge is 0.435 e. The number of hydrogen-bond acceptors (Lipinski definition) is 5. The minimum Gasteiger partial charge on any atom is -0.380 e. The number of fused-ring (bicyclic) bond motifs is 1. The Morgan fingerprint density at radius 3 is 2.51 bits per heavy atom. The average molecular weight is 535 g/mol. The molecule has 1 unspecified atom stereocenters. The summed E-state index contributed by atoms with van der Waals surface area (Å²) in [4.78, 5) is 17.6. The van der Waals surface area contributed by atoms with Gasteiger partial charge in [0.15, 0.2) is 5.69 Å². The molecule has 0 bridgehead atoms. The van der Waals surface area contributed by atoms with E-state index in [2.05, 4.69) is 15.1 Å². The molecule has 196 valence electrons. The molecule has 3 aliphatic rings. The number of carbonyl (C=O) groups excluding carboxylic acids is 1. The van der Waals surface area contributed by atoms with Crippen LogP contribution >= 0.6 is 11.6 Å². The summed E-state index contributed by atoms with van der Waals surface area (Å²) >= 11 is 6.76. The van der Waals surface area contributed by atoms with Gasteiger partial charge in [0.25, 0.3) is 5.91 Å². The fourth-order valence-electron chi connectivity index (χ4n) is 5.76. The number of amides is 1. The van der Waals surface area contributed by atoms with Gasteiger partial charge >= 0.3 is 6.18 Å². The number of benzene rings is 1. The van der Waals surface area contributed by atoms with Crippen LogP contribution in [0.25, 0.3) is 11.4 Å². The summed E-state index contributed by atoms with van der Waals surface area (Å²) in [5.74, 6) is -0.195. The Morgan fingerprint density at radius 1 is 1.16 bits per heavy atom. The lowest BCUT2D eigenvalue weighted by Gasteiger charge is -2.56. The molecular weight excluding hydrogens is 509 g/mol. The molecule has 0 radical (unpaired) electrons. The van der Waals surface area contributed by atoms with Gasteiger partial charge in [-0.1, -0.05) is 17.7 Å². The average Bonchev–Trinajstić information content (AvgIpc) is 3.32. The number of aromatic nitrogens is 4. The molecule has 1 amide bonds. The minimum absolute atomic E-state index is 0.195. The number of ether oxygens (including phenoxy) is 1. The predicted octanol–water partition coefficient (Wildman–Crippen LogP) is 4.09. The quantitative estimate of drug-likeness (QED) is 0.506. The smallest absolute Gasteiger partial charge is 0.380 e. The van der Waals surface area contributed by atoms with Gasteiger partial charge in [-0.15, -0.1) is 0 Å². The van der Waals surface area contributed by atoms with E-state index in [1.165, 1.54) is 11.7 Å². The fraction of sp³-hybridized carbons (Fsp3) is 0.480. The standard InChI is InChI=1S/C25H26ClF3N6O2/c1-14-21-16(22(33(3)31-21)18-9-19(25(27,28)29)30-32(18)2)7-8-35(14)23(36)15-5-4-6-17(20(15)26)34-10-24(11-34)12-37-13-24/h4-6,9,14H,7-8,10-13H2,1-3H3. The molecular formula is C25H26ClF3N6O2. The summed E-state index contributed by atoms with van der Waals surface area (Å²) in [6, 6.07) is 6.16. The maximum atomic E-state index is 13.7. The molecule has 3 aromatic rings. The van der Waals surface area contributed by atoms with Crippen molar-refractivity contribution in [3.8, 4) is 11.4 Å². The van der Waals surface area contributed by atoms with Crippen LogP contribution in [0.3, 0.4) is 0 Å². The molecule has 2 aromatic heterocycles. The Labute approximate surface area is 216 Å². The number of aryl methyl sites for hydroxylation is 2. The van der Waals surface area contributed by atoms with Crippen LogP contribution in [0.15, 0.2) is 24.3 Å². The highest BCUT2D eigenvalue weighted by Gasteiger charge is 2.49. The lowest BCUT2D eigenvalue weighted by molar-refractivity contribution is -0.141. The first-order valence-corrected chi connectivity index (χ1v) is 12.5. The van der Waals surface area contributed by atoms with E-state index in [0.717, 1.165) is 43.6 Å². The normalized spacial score (nSPS) is 20.6. The fourth-order valence-corrected chi connectivity index (χ4v) is 6.09. The van der Waals surface area contributed by atoms with Gasteiger partial charge in [0, 0.05) is 39.3 Å². The van der Waals surface area contributed by atoms with E-state index in [1.54, 1.807) is 22.7 Å². The van der Waals surface area contributed by atoms with E-state index in [0.29, 0.717) is 40.6 Å². The van der Waals surface area contributed by atoms with E-state index >= 15 is 0 Å². The summed E-state index contributed by atoms with van der Waals surface area (Å²) < 4.78 is 47.9. The van der Waals surface area contributed by atoms with Crippen molar-refractivity contribution in [3.63, 3.8) is 0 Å². The molecule has 1 spiro atoms. The summed E-state index contributed by atoms with van der Waals surface area (Å²) in [6.07, 6.45) is -4.09. The second-order valence-corrected chi connectivity index (χ2v) is 10.7. The van der Waals surface area contributed by atoms with Gasteiger partial charge in [-0.3, -0.25) is 14.2 Å². The van der Waals surface area contributed by atoms with Crippen LogP contribution in [-0.4, -0.2) is 63.2 Å². The summed E-state index contributed by atoms with van der Waals surface area (Å²) in [5, 5.41) is 8.70. The molecule has 0 N–H and O–H groups in total. The first-order valence-electron chi connectivity index (χ1n) is 12.1. The lowest BCUT2D eigenvalue weighted by Crippen LogP contribution is -2.66. The van der Waals surface area contributed by atoms with Crippen molar-refractivity contribution in [3.05, 3.63) is 51.8 Å².